The molecule has 3 nitrogen and oxygen atoms in total. The fourth-order valence-corrected chi connectivity index (χ4v) is 2.09. The van der Waals surface area contributed by atoms with E-state index in [-0.39, 0.29) is 0 Å². The molecule has 0 spiro atoms. The SMILES string of the molecule is CN(C)CC1CCn2ccnc2C1. The summed E-state index contributed by atoms with van der Waals surface area (Å²) in [5, 5.41) is 0. The second kappa shape index (κ2) is 3.50. The third kappa shape index (κ3) is 1.91. The van der Waals surface area contributed by atoms with Crippen LogP contribution in [0.15, 0.2) is 12.4 Å². The molecule has 2 rings (SSSR count). The van der Waals surface area contributed by atoms with Gasteiger partial charge >= 0.3 is 0 Å². The molecule has 3 heteroatoms. The zero-order valence-electron chi connectivity index (χ0n) is 8.40. The lowest BCUT2D eigenvalue weighted by Crippen LogP contribution is -2.28. The molecule has 0 aliphatic carbocycles. The molecule has 1 unspecified atom stereocenters. The lowest BCUT2D eigenvalue weighted by molar-refractivity contribution is 0.277. The van der Waals surface area contributed by atoms with Crippen molar-refractivity contribution in [1.82, 2.24) is 14.5 Å². The molecule has 2 heterocycles. The maximum atomic E-state index is 4.36. The topological polar surface area (TPSA) is 21.1 Å². The number of hydrogen-bond acceptors (Lipinski definition) is 2. The summed E-state index contributed by atoms with van der Waals surface area (Å²) in [6, 6.07) is 0. The van der Waals surface area contributed by atoms with Crippen LogP contribution in [-0.4, -0.2) is 35.1 Å². The van der Waals surface area contributed by atoms with Gasteiger partial charge in [-0.1, -0.05) is 0 Å². The van der Waals surface area contributed by atoms with Gasteiger partial charge in [0.15, 0.2) is 0 Å². The second-order valence-electron chi connectivity index (χ2n) is 4.16. The zero-order chi connectivity index (χ0) is 9.26. The van der Waals surface area contributed by atoms with Crippen LogP contribution in [0.2, 0.25) is 0 Å². The molecular weight excluding hydrogens is 162 g/mol. The monoisotopic (exact) mass is 179 g/mol. The van der Waals surface area contributed by atoms with Gasteiger partial charge in [-0.05, 0) is 26.4 Å². The van der Waals surface area contributed by atoms with Crippen molar-refractivity contribution < 1.29 is 0 Å². The Morgan fingerprint density at radius 3 is 3.23 bits per heavy atom. The van der Waals surface area contributed by atoms with E-state index in [1.54, 1.807) is 0 Å². The van der Waals surface area contributed by atoms with Crippen molar-refractivity contribution in [2.75, 3.05) is 20.6 Å². The maximum absolute atomic E-state index is 4.36. The molecule has 0 amide bonds. The van der Waals surface area contributed by atoms with E-state index < -0.39 is 0 Å². The lowest BCUT2D eigenvalue weighted by atomic mass is 9.97. The molecular formula is C10H17N3. The van der Waals surface area contributed by atoms with Gasteiger partial charge in [-0.25, -0.2) is 4.98 Å². The van der Waals surface area contributed by atoms with Crippen molar-refractivity contribution in [1.29, 1.82) is 0 Å². The quantitative estimate of drug-likeness (QED) is 0.675. The second-order valence-corrected chi connectivity index (χ2v) is 4.16. The van der Waals surface area contributed by atoms with Crippen LogP contribution in [0.5, 0.6) is 0 Å². The first-order valence-corrected chi connectivity index (χ1v) is 4.90. The third-order valence-corrected chi connectivity index (χ3v) is 2.67. The fraction of sp³-hybridized carbons (Fsp3) is 0.700. The largest absolute Gasteiger partial charge is 0.335 e. The zero-order valence-corrected chi connectivity index (χ0v) is 8.40. The first kappa shape index (κ1) is 8.75. The van der Waals surface area contributed by atoms with E-state index in [4.69, 9.17) is 0 Å². The van der Waals surface area contributed by atoms with Gasteiger partial charge in [0.05, 0.1) is 0 Å². The molecule has 1 aromatic heterocycles. The molecule has 0 bridgehead atoms. The van der Waals surface area contributed by atoms with Gasteiger partial charge in [0.25, 0.3) is 0 Å². The lowest BCUT2D eigenvalue weighted by Gasteiger charge is -2.25. The molecule has 0 fully saturated rings. The predicted molar refractivity (Wildman–Crippen MR) is 52.6 cm³/mol. The highest BCUT2D eigenvalue weighted by Gasteiger charge is 2.19. The van der Waals surface area contributed by atoms with Gasteiger partial charge in [0.2, 0.25) is 0 Å². The molecule has 0 saturated heterocycles. The molecule has 1 atom stereocenters. The Balaban J connectivity index is 2.00. The molecule has 72 valence electrons. The van der Waals surface area contributed by atoms with Crippen molar-refractivity contribution in [3.05, 3.63) is 18.2 Å². The number of nitrogens with zero attached hydrogens (tertiary/aromatic N) is 3. The first-order valence-electron chi connectivity index (χ1n) is 4.90. The molecule has 1 aliphatic rings. The van der Waals surface area contributed by atoms with Crippen molar-refractivity contribution in [2.45, 2.75) is 19.4 Å². The Morgan fingerprint density at radius 1 is 1.62 bits per heavy atom. The maximum Gasteiger partial charge on any atom is 0.108 e. The van der Waals surface area contributed by atoms with Gasteiger partial charge in [-0.3, -0.25) is 0 Å². The summed E-state index contributed by atoms with van der Waals surface area (Å²) in [5.41, 5.74) is 0. The molecule has 0 N–H and O–H groups in total. The van der Waals surface area contributed by atoms with Gasteiger partial charge in [0, 0.05) is 31.9 Å². The number of fused-ring (bicyclic) bond motifs is 1. The minimum atomic E-state index is 0.796. The molecule has 0 saturated carbocycles. The van der Waals surface area contributed by atoms with Crippen molar-refractivity contribution >= 4 is 0 Å². The van der Waals surface area contributed by atoms with Crippen LogP contribution in [0.3, 0.4) is 0 Å². The Kier molecular flexibility index (Phi) is 2.36. The van der Waals surface area contributed by atoms with E-state index in [9.17, 15) is 0 Å². The van der Waals surface area contributed by atoms with E-state index in [0.717, 1.165) is 18.9 Å². The van der Waals surface area contributed by atoms with Crippen LogP contribution in [0.1, 0.15) is 12.2 Å². The van der Waals surface area contributed by atoms with E-state index in [2.05, 4.69) is 34.7 Å². The summed E-state index contributed by atoms with van der Waals surface area (Å²) in [4.78, 5) is 6.63. The minimum Gasteiger partial charge on any atom is -0.335 e. The highest BCUT2D eigenvalue weighted by molar-refractivity contribution is 4.97. The average Bonchev–Trinajstić information content (AvgIpc) is 2.49. The van der Waals surface area contributed by atoms with E-state index in [1.807, 2.05) is 6.20 Å². The predicted octanol–water partition coefficient (Wildman–Crippen LogP) is 1.01. The van der Waals surface area contributed by atoms with Crippen molar-refractivity contribution in [2.24, 2.45) is 5.92 Å². The smallest absolute Gasteiger partial charge is 0.108 e. The minimum absolute atomic E-state index is 0.796. The van der Waals surface area contributed by atoms with E-state index >= 15 is 0 Å². The number of hydrogen-bond donors (Lipinski definition) is 0. The molecule has 0 aromatic carbocycles. The highest BCUT2D eigenvalue weighted by Crippen LogP contribution is 2.19. The average molecular weight is 179 g/mol. The van der Waals surface area contributed by atoms with Gasteiger partial charge in [-0.15, -0.1) is 0 Å². The van der Waals surface area contributed by atoms with Gasteiger partial charge < -0.3 is 9.47 Å². The van der Waals surface area contributed by atoms with Crippen LogP contribution in [0.25, 0.3) is 0 Å². The van der Waals surface area contributed by atoms with Crippen molar-refractivity contribution in [3.63, 3.8) is 0 Å². The number of aromatic nitrogens is 2. The third-order valence-electron chi connectivity index (χ3n) is 2.67. The van der Waals surface area contributed by atoms with Crippen LogP contribution >= 0.6 is 0 Å². The van der Waals surface area contributed by atoms with Gasteiger partial charge in [0.1, 0.15) is 5.82 Å². The van der Waals surface area contributed by atoms with E-state index in [0.29, 0.717) is 0 Å². The Labute approximate surface area is 79.4 Å². The van der Waals surface area contributed by atoms with Crippen LogP contribution in [0, 0.1) is 5.92 Å². The summed E-state index contributed by atoms with van der Waals surface area (Å²) < 4.78 is 2.27. The molecule has 0 radical (unpaired) electrons. The molecule has 1 aliphatic heterocycles. The molecule has 13 heavy (non-hydrogen) atoms. The summed E-state index contributed by atoms with van der Waals surface area (Å²) in [6.07, 6.45) is 6.43. The van der Waals surface area contributed by atoms with Gasteiger partial charge in [-0.2, -0.15) is 0 Å². The molecule has 1 aromatic rings. The number of imidazole rings is 1. The van der Waals surface area contributed by atoms with Crippen LogP contribution in [0.4, 0.5) is 0 Å². The summed E-state index contributed by atoms with van der Waals surface area (Å²) in [7, 11) is 4.28. The summed E-state index contributed by atoms with van der Waals surface area (Å²) >= 11 is 0. The Morgan fingerprint density at radius 2 is 2.46 bits per heavy atom. The first-order chi connectivity index (χ1) is 6.25. The van der Waals surface area contributed by atoms with Crippen LogP contribution < -0.4 is 0 Å². The van der Waals surface area contributed by atoms with Crippen LogP contribution in [-0.2, 0) is 13.0 Å². The fourth-order valence-electron chi connectivity index (χ4n) is 2.09. The number of aryl methyl sites for hydroxylation is 1. The highest BCUT2D eigenvalue weighted by atomic mass is 15.1. The number of rotatable bonds is 2. The normalized spacial score (nSPS) is 21.9. The van der Waals surface area contributed by atoms with E-state index in [1.165, 1.54) is 18.8 Å². The Hall–Kier alpha value is -0.830. The van der Waals surface area contributed by atoms with Crippen molar-refractivity contribution in [3.8, 4) is 0 Å². The summed E-state index contributed by atoms with van der Waals surface area (Å²) in [5.74, 6) is 2.06. The summed E-state index contributed by atoms with van der Waals surface area (Å²) in [6.45, 7) is 2.33. The standard InChI is InChI=1S/C10H17N3/c1-12(2)8-9-3-5-13-6-4-11-10(13)7-9/h4,6,9H,3,5,7-8H2,1-2H3. The Bertz CT molecular complexity index is 277.